The van der Waals surface area contributed by atoms with Crippen LogP contribution in [0.4, 0.5) is 0 Å². The van der Waals surface area contributed by atoms with Gasteiger partial charge in [0.25, 0.3) is 0 Å². The van der Waals surface area contributed by atoms with E-state index in [1.807, 2.05) is 54.6 Å². The molecule has 0 unspecified atom stereocenters. The molecule has 0 N–H and O–H groups in total. The molecule has 0 amide bonds. The van der Waals surface area contributed by atoms with Gasteiger partial charge in [0.2, 0.25) is 0 Å². The Labute approximate surface area is 340 Å². The van der Waals surface area contributed by atoms with E-state index >= 15 is 0 Å². The molecular formula is C54H33N3O2. The molecule has 9 aromatic carbocycles. The summed E-state index contributed by atoms with van der Waals surface area (Å²) in [5.41, 5.74) is 8.83. The maximum atomic E-state index is 7.02. The molecule has 5 nitrogen and oxygen atoms in total. The summed E-state index contributed by atoms with van der Waals surface area (Å²) in [4.78, 5) is 15.3. The van der Waals surface area contributed by atoms with E-state index in [1.54, 1.807) is 0 Å². The lowest BCUT2D eigenvalue weighted by Crippen LogP contribution is -2.28. The molecule has 1 aromatic heterocycles. The molecule has 276 valence electrons. The quantitative estimate of drug-likeness (QED) is 0.164. The zero-order valence-corrected chi connectivity index (χ0v) is 31.7. The molecule has 2 heterocycles. The number of nitrogens with zero attached hydrogens (tertiary/aromatic N) is 3. The van der Waals surface area contributed by atoms with Crippen LogP contribution in [-0.2, 0) is 5.41 Å². The van der Waals surface area contributed by atoms with E-state index in [4.69, 9.17) is 24.4 Å². The van der Waals surface area contributed by atoms with Crippen molar-refractivity contribution in [2.75, 3.05) is 0 Å². The van der Waals surface area contributed by atoms with Gasteiger partial charge < -0.3 is 9.47 Å². The Bertz CT molecular complexity index is 3240. The number of hydrogen-bond acceptors (Lipinski definition) is 5. The summed E-state index contributed by atoms with van der Waals surface area (Å²) in [7, 11) is 0. The van der Waals surface area contributed by atoms with Crippen molar-refractivity contribution in [3.63, 3.8) is 0 Å². The van der Waals surface area contributed by atoms with Crippen LogP contribution in [0.3, 0.4) is 0 Å². The van der Waals surface area contributed by atoms with Crippen molar-refractivity contribution in [3.8, 4) is 68.3 Å². The van der Waals surface area contributed by atoms with Gasteiger partial charge in [-0.3, -0.25) is 0 Å². The molecule has 0 saturated carbocycles. The minimum absolute atomic E-state index is 0.495. The van der Waals surface area contributed by atoms with Gasteiger partial charge in [0.15, 0.2) is 40.5 Å². The summed E-state index contributed by atoms with van der Waals surface area (Å²) in [5.74, 6) is 4.13. The molecule has 0 spiro atoms. The highest BCUT2D eigenvalue weighted by Crippen LogP contribution is 2.62. The molecule has 2 aliphatic rings. The molecule has 12 rings (SSSR count). The molecule has 0 saturated heterocycles. The van der Waals surface area contributed by atoms with E-state index < -0.39 is 5.41 Å². The number of rotatable bonds is 5. The van der Waals surface area contributed by atoms with Crippen LogP contribution < -0.4 is 9.47 Å². The lowest BCUT2D eigenvalue weighted by molar-refractivity contribution is 0.361. The number of hydrogen-bond donors (Lipinski definition) is 0. The van der Waals surface area contributed by atoms with Crippen LogP contribution in [0.15, 0.2) is 200 Å². The first kappa shape index (κ1) is 33.3. The van der Waals surface area contributed by atoms with E-state index in [0.29, 0.717) is 46.0 Å². The van der Waals surface area contributed by atoms with E-state index in [0.717, 1.165) is 33.2 Å². The molecule has 0 fully saturated rings. The average molecular weight is 756 g/mol. The molecule has 0 radical (unpaired) electrons. The number of para-hydroxylation sites is 1. The van der Waals surface area contributed by atoms with Crippen molar-refractivity contribution in [3.05, 3.63) is 222 Å². The monoisotopic (exact) mass is 755 g/mol. The molecule has 0 atom stereocenters. The number of benzene rings is 9. The van der Waals surface area contributed by atoms with Crippen molar-refractivity contribution in [2.45, 2.75) is 5.41 Å². The van der Waals surface area contributed by atoms with E-state index in [1.165, 1.54) is 32.8 Å². The summed E-state index contributed by atoms with van der Waals surface area (Å²) >= 11 is 0. The van der Waals surface area contributed by atoms with Gasteiger partial charge in [0.05, 0.1) is 11.0 Å². The second-order valence-corrected chi connectivity index (χ2v) is 15.1. The third-order valence-electron chi connectivity index (χ3n) is 11.9. The lowest BCUT2D eigenvalue weighted by atomic mass is 9.68. The van der Waals surface area contributed by atoms with E-state index in [2.05, 4.69) is 146 Å². The van der Waals surface area contributed by atoms with Crippen LogP contribution in [0.25, 0.3) is 66.8 Å². The van der Waals surface area contributed by atoms with E-state index in [-0.39, 0.29) is 0 Å². The smallest absolute Gasteiger partial charge is 0.181 e. The molecule has 59 heavy (non-hydrogen) atoms. The third-order valence-corrected chi connectivity index (χ3v) is 11.9. The first-order valence-corrected chi connectivity index (χ1v) is 19.8. The Hall–Kier alpha value is -7.89. The second-order valence-electron chi connectivity index (χ2n) is 15.1. The highest BCUT2D eigenvalue weighted by molar-refractivity contribution is 6.08. The summed E-state index contributed by atoms with van der Waals surface area (Å²) < 4.78 is 14.0. The van der Waals surface area contributed by atoms with Gasteiger partial charge in [0, 0.05) is 16.7 Å². The molecule has 10 aromatic rings. The van der Waals surface area contributed by atoms with E-state index in [9.17, 15) is 0 Å². The van der Waals surface area contributed by atoms with Gasteiger partial charge in [-0.2, -0.15) is 0 Å². The first-order chi connectivity index (χ1) is 29.2. The maximum absolute atomic E-state index is 7.02. The van der Waals surface area contributed by atoms with Gasteiger partial charge in [-0.15, -0.1) is 0 Å². The second kappa shape index (κ2) is 13.1. The molecule has 0 bridgehead atoms. The first-order valence-electron chi connectivity index (χ1n) is 19.8. The topological polar surface area (TPSA) is 57.1 Å². The van der Waals surface area contributed by atoms with Gasteiger partial charge in [-0.1, -0.05) is 176 Å². The van der Waals surface area contributed by atoms with Gasteiger partial charge in [-0.25, -0.2) is 15.0 Å². The Kier molecular flexibility index (Phi) is 7.38. The Morgan fingerprint density at radius 3 is 1.75 bits per heavy atom. The highest BCUT2D eigenvalue weighted by atomic mass is 16.6. The number of fused-ring (bicyclic) bond motifs is 9. The fraction of sp³-hybridized carbons (Fsp3) is 0.0185. The zero-order valence-electron chi connectivity index (χ0n) is 31.7. The van der Waals surface area contributed by atoms with Crippen LogP contribution in [0.1, 0.15) is 22.3 Å². The van der Waals surface area contributed by atoms with Crippen LogP contribution in [0.2, 0.25) is 0 Å². The summed E-state index contributed by atoms with van der Waals surface area (Å²) in [6.45, 7) is 0. The summed E-state index contributed by atoms with van der Waals surface area (Å²) in [5, 5.41) is 4.73. The van der Waals surface area contributed by atoms with Crippen molar-refractivity contribution >= 4 is 21.5 Å². The fourth-order valence-electron chi connectivity index (χ4n) is 9.25. The van der Waals surface area contributed by atoms with Crippen LogP contribution in [0, 0.1) is 0 Å². The summed E-state index contributed by atoms with van der Waals surface area (Å²) in [6, 6.07) is 69.6. The van der Waals surface area contributed by atoms with Gasteiger partial charge in [0.1, 0.15) is 0 Å². The van der Waals surface area contributed by atoms with Crippen LogP contribution >= 0.6 is 0 Å². The van der Waals surface area contributed by atoms with Crippen molar-refractivity contribution < 1.29 is 9.47 Å². The zero-order chi connectivity index (χ0) is 38.9. The Morgan fingerprint density at radius 1 is 0.356 bits per heavy atom. The normalized spacial score (nSPS) is 13.2. The summed E-state index contributed by atoms with van der Waals surface area (Å²) in [6.07, 6.45) is 0. The lowest BCUT2D eigenvalue weighted by Gasteiger charge is -2.34. The largest absolute Gasteiger partial charge is 0.449 e. The highest BCUT2D eigenvalue weighted by Gasteiger charge is 2.48. The number of ether oxygens (including phenoxy) is 2. The molecule has 1 aliphatic heterocycles. The molecular weight excluding hydrogens is 723 g/mol. The predicted molar refractivity (Wildman–Crippen MR) is 235 cm³/mol. The van der Waals surface area contributed by atoms with Crippen LogP contribution in [0.5, 0.6) is 23.0 Å². The minimum Gasteiger partial charge on any atom is -0.449 e. The van der Waals surface area contributed by atoms with Crippen molar-refractivity contribution in [2.24, 2.45) is 0 Å². The van der Waals surface area contributed by atoms with Gasteiger partial charge in [-0.05, 0) is 73.6 Å². The third kappa shape index (κ3) is 5.08. The Morgan fingerprint density at radius 2 is 0.949 bits per heavy atom. The predicted octanol–water partition coefficient (Wildman–Crippen LogP) is 13.4. The molecule has 1 aliphatic carbocycles. The standard InChI is InChI=1S/C54H33N3O2/c1-4-16-35(17-5-1)51-55-52(37-29-30-41-36(33-37)28-27-34-15-10-11-22-40(34)41)57-53(56-51)43-24-14-26-46-49(43)58-47-32-31-45-48(50(47)59-46)42-23-12-13-25-44(42)54(45,38-18-6-2-7-19-38)39-20-8-3-9-21-39/h1-33H. The number of aromatic nitrogens is 3. The SMILES string of the molecule is c1ccc(-c2nc(-c3ccc4c(ccc5ccccc54)c3)nc(-c3cccc4c3Oc3ccc5c(c3O4)-c3ccccc3C5(c3ccccc3)c3ccccc3)n2)cc1. The van der Waals surface area contributed by atoms with Gasteiger partial charge >= 0.3 is 0 Å². The Balaban J connectivity index is 1.01. The maximum Gasteiger partial charge on any atom is 0.181 e. The van der Waals surface area contributed by atoms with Crippen molar-refractivity contribution in [1.82, 2.24) is 15.0 Å². The molecule has 5 heteroatoms. The van der Waals surface area contributed by atoms with Crippen LogP contribution in [-0.4, -0.2) is 15.0 Å². The van der Waals surface area contributed by atoms with Crippen molar-refractivity contribution in [1.29, 1.82) is 0 Å². The average Bonchev–Trinajstić information content (AvgIpc) is 3.62. The minimum atomic E-state index is -0.556. The fourth-order valence-corrected chi connectivity index (χ4v) is 9.25.